The average molecular weight is 187 g/mol. The van der Waals surface area contributed by atoms with Crippen LogP contribution in [0.25, 0.3) is 10.8 Å². The summed E-state index contributed by atoms with van der Waals surface area (Å²) >= 11 is 0. The van der Waals surface area contributed by atoms with E-state index in [0.29, 0.717) is 0 Å². The molecule has 1 heterocycles. The molecular formula is C12H13NO. The van der Waals surface area contributed by atoms with Crippen molar-refractivity contribution < 1.29 is 4.74 Å². The number of aromatic nitrogens is 1. The zero-order valence-corrected chi connectivity index (χ0v) is 8.45. The molecule has 0 aliphatic heterocycles. The van der Waals surface area contributed by atoms with Crippen molar-refractivity contribution in [3.63, 3.8) is 0 Å². The second-order valence-corrected chi connectivity index (χ2v) is 3.20. The molecule has 2 aromatic rings. The number of fused-ring (bicyclic) bond motifs is 1. The molecule has 0 N–H and O–H groups in total. The Hall–Kier alpha value is -1.57. The highest BCUT2D eigenvalue weighted by molar-refractivity contribution is 5.85. The number of nitrogens with zero attached hydrogens (tertiary/aromatic N) is 1. The summed E-state index contributed by atoms with van der Waals surface area (Å²) in [7, 11) is 1.68. The van der Waals surface area contributed by atoms with Gasteiger partial charge in [-0.2, -0.15) is 0 Å². The molecule has 0 fully saturated rings. The van der Waals surface area contributed by atoms with Gasteiger partial charge in [0.2, 0.25) is 0 Å². The molecule has 72 valence electrons. The number of pyridine rings is 1. The zero-order chi connectivity index (χ0) is 9.97. The van der Waals surface area contributed by atoms with E-state index in [4.69, 9.17) is 4.74 Å². The summed E-state index contributed by atoms with van der Waals surface area (Å²) in [5.41, 5.74) is 1.13. The first-order chi connectivity index (χ1) is 6.85. The molecule has 1 aromatic carbocycles. The van der Waals surface area contributed by atoms with E-state index in [1.54, 1.807) is 7.11 Å². The minimum absolute atomic E-state index is 0.889. The predicted octanol–water partition coefficient (Wildman–Crippen LogP) is 2.81. The molecule has 1 aromatic heterocycles. The lowest BCUT2D eigenvalue weighted by molar-refractivity contribution is 0.415. The fourth-order valence-corrected chi connectivity index (χ4v) is 1.62. The average Bonchev–Trinajstić information content (AvgIpc) is 2.27. The van der Waals surface area contributed by atoms with Crippen LogP contribution in [0.3, 0.4) is 0 Å². The maximum atomic E-state index is 5.19. The molecule has 0 amide bonds. The van der Waals surface area contributed by atoms with Crippen molar-refractivity contribution in [3.8, 4) is 5.75 Å². The molecule has 0 bridgehead atoms. The van der Waals surface area contributed by atoms with Gasteiger partial charge in [-0.1, -0.05) is 13.0 Å². The van der Waals surface area contributed by atoms with E-state index in [-0.39, 0.29) is 0 Å². The van der Waals surface area contributed by atoms with Crippen molar-refractivity contribution in [1.29, 1.82) is 0 Å². The predicted molar refractivity (Wildman–Crippen MR) is 57.7 cm³/mol. The van der Waals surface area contributed by atoms with Crippen LogP contribution in [0.2, 0.25) is 0 Å². The first-order valence-electron chi connectivity index (χ1n) is 4.76. The zero-order valence-electron chi connectivity index (χ0n) is 8.45. The highest BCUT2D eigenvalue weighted by atomic mass is 16.5. The number of hydrogen-bond acceptors (Lipinski definition) is 2. The molecule has 2 nitrogen and oxygen atoms in total. The number of benzene rings is 1. The Morgan fingerprint density at radius 2 is 2.14 bits per heavy atom. The second-order valence-electron chi connectivity index (χ2n) is 3.20. The molecule has 0 aliphatic carbocycles. The second kappa shape index (κ2) is 3.66. The summed E-state index contributed by atoms with van der Waals surface area (Å²) in [6.45, 7) is 2.11. The van der Waals surface area contributed by atoms with Gasteiger partial charge in [0, 0.05) is 17.3 Å². The van der Waals surface area contributed by atoms with Gasteiger partial charge in [0.1, 0.15) is 5.75 Å². The minimum atomic E-state index is 0.889. The van der Waals surface area contributed by atoms with Gasteiger partial charge in [0.15, 0.2) is 0 Å². The molecule has 2 heteroatoms. The van der Waals surface area contributed by atoms with Crippen LogP contribution in [-0.4, -0.2) is 12.1 Å². The van der Waals surface area contributed by atoms with Gasteiger partial charge < -0.3 is 4.74 Å². The van der Waals surface area contributed by atoms with Crippen molar-refractivity contribution in [2.45, 2.75) is 13.3 Å². The maximum absolute atomic E-state index is 5.19. The number of hydrogen-bond donors (Lipinski definition) is 0. The lowest BCUT2D eigenvalue weighted by atomic mass is 10.1. The van der Waals surface area contributed by atoms with Gasteiger partial charge >= 0.3 is 0 Å². The third-order valence-electron chi connectivity index (χ3n) is 2.39. The Kier molecular flexibility index (Phi) is 2.35. The molecule has 0 unspecified atom stereocenters. The van der Waals surface area contributed by atoms with Crippen molar-refractivity contribution in [1.82, 2.24) is 4.98 Å². The standard InChI is InChI=1S/C12H13NO/c1-3-12-11-8-10(14-2)5-4-9(11)6-7-13-12/h4-8H,3H2,1-2H3. The van der Waals surface area contributed by atoms with Gasteiger partial charge in [0.05, 0.1) is 7.11 Å². The van der Waals surface area contributed by atoms with Crippen molar-refractivity contribution in [2.24, 2.45) is 0 Å². The molecule has 0 atom stereocenters. The van der Waals surface area contributed by atoms with Crippen LogP contribution in [-0.2, 0) is 6.42 Å². The van der Waals surface area contributed by atoms with Crippen molar-refractivity contribution >= 4 is 10.8 Å². The number of aryl methyl sites for hydroxylation is 1. The quantitative estimate of drug-likeness (QED) is 0.721. The highest BCUT2D eigenvalue weighted by Gasteiger charge is 2.01. The van der Waals surface area contributed by atoms with Crippen molar-refractivity contribution in [3.05, 3.63) is 36.2 Å². The molecular weight excluding hydrogens is 174 g/mol. The largest absolute Gasteiger partial charge is 0.497 e. The molecule has 0 radical (unpaired) electrons. The maximum Gasteiger partial charge on any atom is 0.119 e. The number of ether oxygens (including phenoxy) is 1. The van der Waals surface area contributed by atoms with Crippen LogP contribution >= 0.6 is 0 Å². The first-order valence-corrected chi connectivity index (χ1v) is 4.76. The number of rotatable bonds is 2. The Balaban J connectivity index is 2.70. The van der Waals surface area contributed by atoms with E-state index in [1.165, 1.54) is 10.8 Å². The summed E-state index contributed by atoms with van der Waals surface area (Å²) in [6, 6.07) is 8.10. The lowest BCUT2D eigenvalue weighted by Gasteiger charge is -2.05. The van der Waals surface area contributed by atoms with Gasteiger partial charge in [-0.15, -0.1) is 0 Å². The van der Waals surface area contributed by atoms with Crippen LogP contribution in [0.5, 0.6) is 5.75 Å². The van der Waals surface area contributed by atoms with Gasteiger partial charge in [-0.25, -0.2) is 0 Å². The summed E-state index contributed by atoms with van der Waals surface area (Å²) < 4.78 is 5.19. The van der Waals surface area contributed by atoms with E-state index >= 15 is 0 Å². The lowest BCUT2D eigenvalue weighted by Crippen LogP contribution is -1.89. The Bertz CT molecular complexity index is 451. The van der Waals surface area contributed by atoms with E-state index in [1.807, 2.05) is 24.4 Å². The summed E-state index contributed by atoms with van der Waals surface area (Å²) in [4.78, 5) is 4.35. The topological polar surface area (TPSA) is 22.1 Å². The Labute approximate surface area is 83.5 Å². The van der Waals surface area contributed by atoms with Crippen LogP contribution in [0.4, 0.5) is 0 Å². The number of methoxy groups -OCH3 is 1. The molecule has 0 saturated heterocycles. The van der Waals surface area contributed by atoms with Crippen LogP contribution in [0.1, 0.15) is 12.6 Å². The third-order valence-corrected chi connectivity index (χ3v) is 2.39. The first kappa shape index (κ1) is 9.00. The highest BCUT2D eigenvalue weighted by Crippen LogP contribution is 2.22. The Morgan fingerprint density at radius 1 is 1.29 bits per heavy atom. The van der Waals surface area contributed by atoms with Crippen LogP contribution < -0.4 is 4.74 Å². The summed E-state index contributed by atoms with van der Waals surface area (Å²) in [6.07, 6.45) is 2.80. The van der Waals surface area contributed by atoms with Gasteiger partial charge in [-0.05, 0) is 30.0 Å². The summed E-state index contributed by atoms with van der Waals surface area (Å²) in [5.74, 6) is 0.889. The SMILES string of the molecule is CCc1nccc2ccc(OC)cc12. The van der Waals surface area contributed by atoms with Gasteiger partial charge in [-0.3, -0.25) is 4.98 Å². The smallest absolute Gasteiger partial charge is 0.119 e. The molecule has 0 spiro atoms. The molecule has 0 aliphatic rings. The van der Waals surface area contributed by atoms with E-state index in [2.05, 4.69) is 18.0 Å². The monoisotopic (exact) mass is 187 g/mol. The minimum Gasteiger partial charge on any atom is -0.497 e. The van der Waals surface area contributed by atoms with E-state index in [9.17, 15) is 0 Å². The normalized spacial score (nSPS) is 10.4. The third kappa shape index (κ3) is 1.43. The Morgan fingerprint density at radius 3 is 2.86 bits per heavy atom. The molecule has 2 rings (SSSR count). The van der Waals surface area contributed by atoms with E-state index in [0.717, 1.165) is 17.9 Å². The summed E-state index contributed by atoms with van der Waals surface area (Å²) in [5, 5.41) is 2.41. The van der Waals surface area contributed by atoms with Crippen LogP contribution in [0.15, 0.2) is 30.5 Å². The fraction of sp³-hybridized carbons (Fsp3) is 0.250. The van der Waals surface area contributed by atoms with Gasteiger partial charge in [0.25, 0.3) is 0 Å². The van der Waals surface area contributed by atoms with Crippen molar-refractivity contribution in [2.75, 3.05) is 7.11 Å². The molecule has 14 heavy (non-hydrogen) atoms. The van der Waals surface area contributed by atoms with E-state index < -0.39 is 0 Å². The van der Waals surface area contributed by atoms with Crippen LogP contribution in [0, 0.1) is 0 Å². The molecule has 0 saturated carbocycles. The fourth-order valence-electron chi connectivity index (χ4n) is 1.62.